The molecule has 244 valence electrons. The molecule has 4 aliphatic carbocycles. The van der Waals surface area contributed by atoms with E-state index >= 15 is 0 Å². The highest BCUT2D eigenvalue weighted by Gasteiger charge is 2.65. The number of fused-ring (bicyclic) bond motifs is 5. The van der Waals surface area contributed by atoms with Crippen molar-refractivity contribution in [3.05, 3.63) is 0 Å². The van der Waals surface area contributed by atoms with Crippen LogP contribution in [0.4, 0.5) is 0 Å². The molecule has 0 unspecified atom stereocenters. The SMILES string of the molecule is CC(=O)O[C@H]1C[C@@H]2CC[C@@H]3[C@H](CC[C@@]4(C)[C@H]3C[C@H](N3CC[N+](C)(C)CC3)[C@@H]4OC(C)=O)[C@@]2(C)C[C@@H]1N1CC[N+](C)(C)CC1. The summed E-state index contributed by atoms with van der Waals surface area (Å²) in [6, 6.07) is 0.656. The molecule has 0 bridgehead atoms. The standard InChI is InChI=1S/C35H62N4O4/c1-24(40)42-32-21-26-9-10-27-28(35(26,4)23-31(32)37-15-19-39(7,8)20-16-37)11-12-34(3)29(27)22-30(33(34)43-25(2)41)36-13-17-38(5,6)18-14-36/h26-33H,9-23H2,1-8H3/q+2/t26-,27+,28-,29-,30-,31-,32-,33-,34-,35-/m0/s1. The Balaban J connectivity index is 1.26. The molecular formula is C35H62N4O4+2. The maximum absolute atomic E-state index is 12.5. The highest BCUT2D eigenvalue weighted by atomic mass is 16.5. The van der Waals surface area contributed by atoms with Crippen LogP contribution in [0.25, 0.3) is 0 Å². The van der Waals surface area contributed by atoms with E-state index < -0.39 is 0 Å². The maximum atomic E-state index is 12.5. The number of ether oxygens (including phenoxy) is 2. The lowest BCUT2D eigenvalue weighted by Gasteiger charge is -2.62. The predicted octanol–water partition coefficient (Wildman–Crippen LogP) is 3.63. The molecule has 8 nitrogen and oxygen atoms in total. The van der Waals surface area contributed by atoms with Gasteiger partial charge in [-0.05, 0) is 74.0 Å². The van der Waals surface area contributed by atoms with Gasteiger partial charge in [0.2, 0.25) is 0 Å². The molecule has 2 heterocycles. The molecule has 43 heavy (non-hydrogen) atoms. The summed E-state index contributed by atoms with van der Waals surface area (Å²) in [5.41, 5.74) is 0.308. The molecule has 0 radical (unpaired) electrons. The quantitative estimate of drug-likeness (QED) is 0.362. The topological polar surface area (TPSA) is 59.1 Å². The highest BCUT2D eigenvalue weighted by molar-refractivity contribution is 5.66. The van der Waals surface area contributed by atoms with Crippen molar-refractivity contribution in [1.29, 1.82) is 0 Å². The highest BCUT2D eigenvalue weighted by Crippen LogP contribution is 2.67. The van der Waals surface area contributed by atoms with Crippen molar-refractivity contribution in [3.8, 4) is 0 Å². The van der Waals surface area contributed by atoms with E-state index in [2.05, 4.69) is 51.8 Å². The Bertz CT molecular complexity index is 1060. The molecule has 8 heteroatoms. The Labute approximate surface area is 261 Å². The molecule has 2 saturated heterocycles. The van der Waals surface area contributed by atoms with E-state index in [1.165, 1.54) is 25.7 Å². The van der Waals surface area contributed by atoms with Gasteiger partial charge in [-0.15, -0.1) is 0 Å². The number of carbonyl (C=O) groups is 2. The second-order valence-corrected chi connectivity index (χ2v) is 17.5. The summed E-state index contributed by atoms with van der Waals surface area (Å²) < 4.78 is 14.6. The van der Waals surface area contributed by atoms with E-state index in [0.717, 1.165) is 80.6 Å². The monoisotopic (exact) mass is 602 g/mol. The zero-order valence-electron chi connectivity index (χ0n) is 28.6. The summed E-state index contributed by atoms with van der Waals surface area (Å²) in [7, 11) is 9.36. The maximum Gasteiger partial charge on any atom is 0.302 e. The Morgan fingerprint density at radius 3 is 1.81 bits per heavy atom. The predicted molar refractivity (Wildman–Crippen MR) is 168 cm³/mol. The van der Waals surface area contributed by atoms with E-state index in [-0.39, 0.29) is 35.0 Å². The molecule has 0 spiro atoms. The van der Waals surface area contributed by atoms with Crippen molar-refractivity contribution >= 4 is 11.9 Å². The number of quaternary nitrogens is 2. The zero-order valence-corrected chi connectivity index (χ0v) is 28.6. The first-order valence-corrected chi connectivity index (χ1v) is 17.6. The minimum atomic E-state index is -0.123. The summed E-state index contributed by atoms with van der Waals surface area (Å²) >= 11 is 0. The Hall–Kier alpha value is -1.22. The average Bonchev–Trinajstić information content (AvgIpc) is 3.20. The number of hydrogen-bond donors (Lipinski definition) is 0. The van der Waals surface area contributed by atoms with Gasteiger partial charge in [-0.25, -0.2) is 0 Å². The molecule has 0 aromatic heterocycles. The molecule has 0 aromatic rings. The average molecular weight is 603 g/mol. The lowest BCUT2D eigenvalue weighted by Crippen LogP contribution is -2.64. The van der Waals surface area contributed by atoms with Gasteiger partial charge in [0.15, 0.2) is 0 Å². The molecule has 0 amide bonds. The van der Waals surface area contributed by atoms with Crippen LogP contribution in [0.15, 0.2) is 0 Å². The van der Waals surface area contributed by atoms with Crippen molar-refractivity contribution in [2.75, 3.05) is 80.5 Å². The normalized spacial score (nSPS) is 46.2. The molecule has 0 aromatic carbocycles. The zero-order chi connectivity index (χ0) is 30.9. The number of hydrogen-bond acceptors (Lipinski definition) is 6. The van der Waals surface area contributed by atoms with Crippen LogP contribution < -0.4 is 0 Å². The number of carbonyl (C=O) groups excluding carboxylic acids is 2. The Morgan fingerprint density at radius 2 is 1.26 bits per heavy atom. The summed E-state index contributed by atoms with van der Waals surface area (Å²) in [6.45, 7) is 17.3. The third-order valence-electron chi connectivity index (χ3n) is 14.1. The van der Waals surface area contributed by atoms with Gasteiger partial charge >= 0.3 is 11.9 Å². The first-order chi connectivity index (χ1) is 20.1. The van der Waals surface area contributed by atoms with Crippen molar-refractivity contribution in [2.24, 2.45) is 34.5 Å². The minimum Gasteiger partial charge on any atom is -0.461 e. The van der Waals surface area contributed by atoms with Gasteiger partial charge in [-0.1, -0.05) is 13.8 Å². The third kappa shape index (κ3) is 5.81. The third-order valence-corrected chi connectivity index (χ3v) is 14.1. The van der Waals surface area contributed by atoms with Crippen LogP contribution in [0.3, 0.4) is 0 Å². The van der Waals surface area contributed by atoms with Gasteiger partial charge in [-0.3, -0.25) is 19.4 Å². The number of nitrogens with zero attached hydrogens (tertiary/aromatic N) is 4. The molecule has 2 aliphatic heterocycles. The van der Waals surface area contributed by atoms with E-state index in [4.69, 9.17) is 9.47 Å². The number of rotatable bonds is 4. The first-order valence-electron chi connectivity index (χ1n) is 17.6. The number of esters is 2. The fraction of sp³-hybridized carbons (Fsp3) is 0.943. The molecule has 10 atom stereocenters. The largest absolute Gasteiger partial charge is 0.461 e. The summed E-state index contributed by atoms with van der Waals surface area (Å²) in [4.78, 5) is 30.2. The van der Waals surface area contributed by atoms with E-state index in [0.29, 0.717) is 35.8 Å². The van der Waals surface area contributed by atoms with Crippen LogP contribution in [0, 0.1) is 34.5 Å². The van der Waals surface area contributed by atoms with Gasteiger partial charge in [-0.2, -0.15) is 0 Å². The van der Waals surface area contributed by atoms with Crippen molar-refractivity contribution in [3.63, 3.8) is 0 Å². The van der Waals surface area contributed by atoms with Crippen LogP contribution in [0.2, 0.25) is 0 Å². The number of piperazine rings is 2. The van der Waals surface area contributed by atoms with Crippen LogP contribution in [-0.2, 0) is 19.1 Å². The van der Waals surface area contributed by atoms with Crippen LogP contribution >= 0.6 is 0 Å². The second-order valence-electron chi connectivity index (χ2n) is 17.5. The lowest BCUT2D eigenvalue weighted by atomic mass is 9.44. The molecule has 0 N–H and O–H groups in total. The van der Waals surface area contributed by atoms with Gasteiger partial charge in [0.05, 0.1) is 54.4 Å². The van der Waals surface area contributed by atoms with Gasteiger partial charge < -0.3 is 18.4 Å². The first kappa shape index (κ1) is 31.7. The van der Waals surface area contributed by atoms with Gasteiger partial charge in [0.25, 0.3) is 0 Å². The smallest absolute Gasteiger partial charge is 0.302 e. The molecule has 4 saturated carbocycles. The van der Waals surface area contributed by atoms with Crippen LogP contribution in [0.5, 0.6) is 0 Å². The van der Waals surface area contributed by atoms with E-state index in [1.807, 2.05) is 0 Å². The Kier molecular flexibility index (Phi) is 8.30. The number of likely N-dealkylation sites (N-methyl/N-ethyl adjacent to an activating group) is 2. The van der Waals surface area contributed by atoms with Crippen LogP contribution in [-0.4, -0.2) is 136 Å². The van der Waals surface area contributed by atoms with Gasteiger partial charge in [0.1, 0.15) is 12.2 Å². The minimum absolute atomic E-state index is 0.00234. The summed E-state index contributed by atoms with van der Waals surface area (Å²) in [6.07, 6.45) is 8.22. The lowest BCUT2D eigenvalue weighted by molar-refractivity contribution is -0.894. The van der Waals surface area contributed by atoms with Crippen molar-refractivity contribution < 1.29 is 28.0 Å². The van der Waals surface area contributed by atoms with E-state index in [9.17, 15) is 9.59 Å². The second kappa shape index (κ2) is 11.2. The van der Waals surface area contributed by atoms with E-state index in [1.54, 1.807) is 13.8 Å². The fourth-order valence-corrected chi connectivity index (χ4v) is 11.4. The fourth-order valence-electron chi connectivity index (χ4n) is 11.4. The Morgan fingerprint density at radius 1 is 0.698 bits per heavy atom. The molecular weight excluding hydrogens is 540 g/mol. The van der Waals surface area contributed by atoms with Gasteiger partial charge in [0, 0.05) is 57.5 Å². The summed E-state index contributed by atoms with van der Waals surface area (Å²) in [5, 5.41) is 0. The summed E-state index contributed by atoms with van der Waals surface area (Å²) in [5.74, 6) is 2.35. The molecule has 6 fully saturated rings. The molecule has 6 rings (SSSR count). The van der Waals surface area contributed by atoms with Crippen LogP contribution in [0.1, 0.15) is 72.6 Å². The molecule has 6 aliphatic rings. The van der Waals surface area contributed by atoms with Crippen molar-refractivity contribution in [2.45, 2.75) is 96.9 Å². The van der Waals surface area contributed by atoms with Crippen molar-refractivity contribution in [1.82, 2.24) is 9.80 Å².